The van der Waals surface area contributed by atoms with Gasteiger partial charge in [0.15, 0.2) is 0 Å². The van der Waals surface area contributed by atoms with Crippen molar-refractivity contribution in [3.05, 3.63) is 10.0 Å². The fraction of sp³-hybridized carbons (Fsp3) is 0.778. The van der Waals surface area contributed by atoms with Crippen molar-refractivity contribution in [2.45, 2.75) is 44.6 Å². The largest absolute Gasteiger partial charge is 0.324 e. The quantitative estimate of drug-likeness (QED) is 0.789. The minimum atomic E-state index is 0.532. The van der Waals surface area contributed by atoms with Crippen molar-refractivity contribution in [3.8, 4) is 0 Å². The molecular weight excluding hydrogens is 182 g/mol. The number of nitrogens with two attached hydrogens (primary N) is 1. The van der Waals surface area contributed by atoms with Gasteiger partial charge in [0.1, 0.15) is 10.0 Å². The highest BCUT2D eigenvalue weighted by molar-refractivity contribution is 7.11. The van der Waals surface area contributed by atoms with Gasteiger partial charge in [0.25, 0.3) is 0 Å². The molecule has 3 nitrogen and oxygen atoms in total. The van der Waals surface area contributed by atoms with Gasteiger partial charge in [-0.25, -0.2) is 0 Å². The van der Waals surface area contributed by atoms with Gasteiger partial charge in [-0.15, -0.1) is 10.2 Å². The van der Waals surface area contributed by atoms with Crippen LogP contribution >= 0.6 is 11.3 Å². The van der Waals surface area contributed by atoms with E-state index in [9.17, 15) is 0 Å². The van der Waals surface area contributed by atoms with Gasteiger partial charge < -0.3 is 5.73 Å². The van der Waals surface area contributed by atoms with Crippen LogP contribution in [0, 0.1) is 0 Å². The molecule has 0 amide bonds. The zero-order valence-corrected chi connectivity index (χ0v) is 8.52. The van der Waals surface area contributed by atoms with Crippen LogP contribution in [0.1, 0.15) is 48.0 Å². The molecular formula is C9H15N3S. The van der Waals surface area contributed by atoms with Gasteiger partial charge >= 0.3 is 0 Å². The predicted octanol–water partition coefficient (Wildman–Crippen LogP) is 2.04. The lowest BCUT2D eigenvalue weighted by atomic mass is 9.90. The molecule has 1 aromatic rings. The summed E-state index contributed by atoms with van der Waals surface area (Å²) in [7, 11) is 0. The molecule has 1 aromatic heterocycles. The van der Waals surface area contributed by atoms with E-state index >= 15 is 0 Å². The molecule has 0 aromatic carbocycles. The SMILES string of the molecule is NCc1nnc(C2CCCCC2)s1. The van der Waals surface area contributed by atoms with Crippen molar-refractivity contribution >= 4 is 11.3 Å². The molecule has 0 unspecified atom stereocenters. The first-order valence-electron chi connectivity index (χ1n) is 4.92. The fourth-order valence-corrected chi connectivity index (χ4v) is 2.75. The number of rotatable bonds is 2. The topological polar surface area (TPSA) is 51.8 Å². The Morgan fingerprint density at radius 1 is 1.23 bits per heavy atom. The molecule has 0 spiro atoms. The summed E-state index contributed by atoms with van der Waals surface area (Å²) in [6, 6.07) is 0. The normalized spacial score (nSPS) is 19.2. The van der Waals surface area contributed by atoms with Crippen LogP contribution in [-0.4, -0.2) is 10.2 Å². The maximum absolute atomic E-state index is 5.50. The second-order valence-corrected chi connectivity index (χ2v) is 4.67. The lowest BCUT2D eigenvalue weighted by molar-refractivity contribution is 0.440. The van der Waals surface area contributed by atoms with Crippen molar-refractivity contribution in [2.75, 3.05) is 0 Å². The van der Waals surface area contributed by atoms with Crippen molar-refractivity contribution < 1.29 is 0 Å². The molecule has 0 atom stereocenters. The van der Waals surface area contributed by atoms with E-state index in [2.05, 4.69) is 10.2 Å². The summed E-state index contributed by atoms with van der Waals surface area (Å²) in [6.45, 7) is 0.532. The highest BCUT2D eigenvalue weighted by Crippen LogP contribution is 2.33. The average molecular weight is 197 g/mol. The molecule has 0 saturated heterocycles. The molecule has 2 N–H and O–H groups in total. The van der Waals surface area contributed by atoms with Crippen molar-refractivity contribution in [2.24, 2.45) is 5.73 Å². The van der Waals surface area contributed by atoms with E-state index in [0.717, 1.165) is 5.01 Å². The van der Waals surface area contributed by atoms with Gasteiger partial charge in [-0.2, -0.15) is 0 Å². The van der Waals surface area contributed by atoms with Gasteiger partial charge in [0, 0.05) is 12.5 Å². The molecule has 1 saturated carbocycles. The summed E-state index contributed by atoms with van der Waals surface area (Å²) in [6.07, 6.45) is 6.67. The van der Waals surface area contributed by atoms with Gasteiger partial charge in [-0.3, -0.25) is 0 Å². The van der Waals surface area contributed by atoms with E-state index in [0.29, 0.717) is 12.5 Å². The highest BCUT2D eigenvalue weighted by Gasteiger charge is 2.18. The number of hydrogen-bond acceptors (Lipinski definition) is 4. The zero-order chi connectivity index (χ0) is 9.10. The molecule has 4 heteroatoms. The molecule has 1 heterocycles. The van der Waals surface area contributed by atoms with Gasteiger partial charge in [-0.1, -0.05) is 30.6 Å². The second kappa shape index (κ2) is 4.15. The van der Waals surface area contributed by atoms with E-state index in [1.165, 1.54) is 37.1 Å². The standard InChI is InChI=1S/C9H15N3S/c10-6-8-11-12-9(13-8)7-4-2-1-3-5-7/h7H,1-6,10H2. The predicted molar refractivity (Wildman–Crippen MR) is 53.6 cm³/mol. The van der Waals surface area contributed by atoms with Crippen LogP contribution in [0.25, 0.3) is 0 Å². The summed E-state index contributed by atoms with van der Waals surface area (Å²) in [5.41, 5.74) is 5.50. The van der Waals surface area contributed by atoms with Crippen molar-refractivity contribution in [3.63, 3.8) is 0 Å². The Morgan fingerprint density at radius 2 is 2.00 bits per heavy atom. The number of nitrogens with zero attached hydrogens (tertiary/aromatic N) is 2. The van der Waals surface area contributed by atoms with E-state index in [1.54, 1.807) is 11.3 Å². The molecule has 72 valence electrons. The third-order valence-electron chi connectivity index (χ3n) is 2.61. The Balaban J connectivity index is 2.05. The maximum Gasteiger partial charge on any atom is 0.131 e. The molecule has 0 radical (unpaired) electrons. The highest BCUT2D eigenvalue weighted by atomic mass is 32.1. The van der Waals surface area contributed by atoms with Gasteiger partial charge in [0.05, 0.1) is 0 Å². The molecule has 0 aliphatic heterocycles. The Kier molecular flexibility index (Phi) is 2.90. The Morgan fingerprint density at radius 3 is 2.62 bits per heavy atom. The average Bonchev–Trinajstić information content (AvgIpc) is 2.67. The van der Waals surface area contributed by atoms with E-state index in [1.807, 2.05) is 0 Å². The van der Waals surface area contributed by atoms with Crippen LogP contribution in [0.15, 0.2) is 0 Å². The summed E-state index contributed by atoms with van der Waals surface area (Å²) in [5.74, 6) is 0.673. The van der Waals surface area contributed by atoms with Gasteiger partial charge in [-0.05, 0) is 12.8 Å². The summed E-state index contributed by atoms with van der Waals surface area (Å²) in [5, 5.41) is 10.4. The number of aromatic nitrogens is 2. The second-order valence-electron chi connectivity index (χ2n) is 3.57. The van der Waals surface area contributed by atoms with Crippen molar-refractivity contribution in [1.82, 2.24) is 10.2 Å². The molecule has 2 rings (SSSR count). The van der Waals surface area contributed by atoms with Crippen LogP contribution in [0.2, 0.25) is 0 Å². The Hall–Kier alpha value is -0.480. The maximum atomic E-state index is 5.50. The first-order valence-corrected chi connectivity index (χ1v) is 5.74. The fourth-order valence-electron chi connectivity index (χ4n) is 1.86. The minimum Gasteiger partial charge on any atom is -0.324 e. The third-order valence-corrected chi connectivity index (χ3v) is 3.72. The van der Waals surface area contributed by atoms with E-state index in [4.69, 9.17) is 5.73 Å². The zero-order valence-electron chi connectivity index (χ0n) is 7.70. The van der Waals surface area contributed by atoms with Gasteiger partial charge in [0.2, 0.25) is 0 Å². The van der Waals surface area contributed by atoms with Crippen LogP contribution in [0.5, 0.6) is 0 Å². The third kappa shape index (κ3) is 2.06. The molecule has 1 aliphatic carbocycles. The van der Waals surface area contributed by atoms with Crippen LogP contribution in [0.4, 0.5) is 0 Å². The van der Waals surface area contributed by atoms with E-state index in [-0.39, 0.29) is 0 Å². The first kappa shape index (κ1) is 9.09. The molecule has 1 aliphatic rings. The lowest BCUT2D eigenvalue weighted by Gasteiger charge is -2.18. The minimum absolute atomic E-state index is 0.532. The first-order chi connectivity index (χ1) is 6.40. The monoisotopic (exact) mass is 197 g/mol. The summed E-state index contributed by atoms with van der Waals surface area (Å²) < 4.78 is 0. The van der Waals surface area contributed by atoms with Crippen molar-refractivity contribution in [1.29, 1.82) is 0 Å². The Bertz CT molecular complexity index is 266. The van der Waals surface area contributed by atoms with Crippen LogP contribution < -0.4 is 5.73 Å². The molecule has 13 heavy (non-hydrogen) atoms. The van der Waals surface area contributed by atoms with Crippen LogP contribution in [-0.2, 0) is 6.54 Å². The molecule has 1 fully saturated rings. The van der Waals surface area contributed by atoms with Crippen LogP contribution in [0.3, 0.4) is 0 Å². The summed E-state index contributed by atoms with van der Waals surface area (Å²) >= 11 is 1.69. The van der Waals surface area contributed by atoms with E-state index < -0.39 is 0 Å². The lowest BCUT2D eigenvalue weighted by Crippen LogP contribution is -2.03. The number of hydrogen-bond donors (Lipinski definition) is 1. The summed E-state index contributed by atoms with van der Waals surface area (Å²) in [4.78, 5) is 0. The molecule has 0 bridgehead atoms. The Labute approximate surface area is 82.4 Å². The smallest absolute Gasteiger partial charge is 0.131 e.